The SMILES string of the molecule is CCC(NCC(O)C(C)C)c1cccc([N+](=O)[O-])c1. The van der Waals surface area contributed by atoms with Gasteiger partial charge in [0.25, 0.3) is 5.69 Å². The first kappa shape index (κ1) is 15.6. The lowest BCUT2D eigenvalue weighted by molar-refractivity contribution is -0.384. The summed E-state index contributed by atoms with van der Waals surface area (Å²) >= 11 is 0. The van der Waals surface area contributed by atoms with E-state index in [1.165, 1.54) is 6.07 Å². The smallest absolute Gasteiger partial charge is 0.269 e. The monoisotopic (exact) mass is 266 g/mol. The van der Waals surface area contributed by atoms with Crippen molar-refractivity contribution < 1.29 is 10.0 Å². The number of nitrogens with one attached hydrogen (secondary N) is 1. The topological polar surface area (TPSA) is 75.4 Å². The van der Waals surface area contributed by atoms with E-state index in [-0.39, 0.29) is 22.6 Å². The Morgan fingerprint density at radius 1 is 1.42 bits per heavy atom. The molecule has 0 aliphatic heterocycles. The molecule has 0 aliphatic carbocycles. The Hall–Kier alpha value is -1.46. The molecule has 19 heavy (non-hydrogen) atoms. The highest BCUT2D eigenvalue weighted by molar-refractivity contribution is 5.35. The molecular weight excluding hydrogens is 244 g/mol. The molecule has 2 unspecified atom stereocenters. The van der Waals surface area contributed by atoms with E-state index in [4.69, 9.17) is 0 Å². The first-order chi connectivity index (χ1) is 8.95. The summed E-state index contributed by atoms with van der Waals surface area (Å²) in [5.74, 6) is 0.190. The van der Waals surface area contributed by atoms with Gasteiger partial charge < -0.3 is 10.4 Å². The largest absolute Gasteiger partial charge is 0.392 e. The van der Waals surface area contributed by atoms with Crippen LogP contribution < -0.4 is 5.32 Å². The first-order valence-corrected chi connectivity index (χ1v) is 6.61. The lowest BCUT2D eigenvalue weighted by atomic mass is 10.0. The average Bonchev–Trinajstić information content (AvgIpc) is 2.39. The van der Waals surface area contributed by atoms with Gasteiger partial charge in [0.15, 0.2) is 0 Å². The van der Waals surface area contributed by atoms with E-state index in [0.29, 0.717) is 6.54 Å². The number of nitro groups is 1. The Morgan fingerprint density at radius 3 is 2.63 bits per heavy atom. The fraction of sp³-hybridized carbons (Fsp3) is 0.571. The van der Waals surface area contributed by atoms with Crippen LogP contribution in [0.5, 0.6) is 0 Å². The molecular formula is C14H22N2O3. The van der Waals surface area contributed by atoms with Crippen molar-refractivity contribution in [3.8, 4) is 0 Å². The first-order valence-electron chi connectivity index (χ1n) is 6.61. The standard InChI is InChI=1S/C14H22N2O3/c1-4-13(15-9-14(17)10(2)3)11-6-5-7-12(8-11)16(18)19/h5-8,10,13-15,17H,4,9H2,1-3H3. The van der Waals surface area contributed by atoms with Gasteiger partial charge in [0.1, 0.15) is 0 Å². The van der Waals surface area contributed by atoms with Gasteiger partial charge in [0.2, 0.25) is 0 Å². The molecule has 0 saturated heterocycles. The molecule has 106 valence electrons. The minimum absolute atomic E-state index is 0.0216. The van der Waals surface area contributed by atoms with Gasteiger partial charge >= 0.3 is 0 Å². The third-order valence-corrected chi connectivity index (χ3v) is 3.23. The quantitative estimate of drug-likeness (QED) is 0.587. The minimum Gasteiger partial charge on any atom is -0.392 e. The lowest BCUT2D eigenvalue weighted by Crippen LogP contribution is -2.33. The van der Waals surface area contributed by atoms with E-state index in [1.54, 1.807) is 12.1 Å². The van der Waals surface area contributed by atoms with E-state index in [9.17, 15) is 15.2 Å². The van der Waals surface area contributed by atoms with Crippen molar-refractivity contribution in [2.75, 3.05) is 6.54 Å². The highest BCUT2D eigenvalue weighted by atomic mass is 16.6. The van der Waals surface area contributed by atoms with Crippen molar-refractivity contribution in [1.29, 1.82) is 0 Å². The zero-order valence-electron chi connectivity index (χ0n) is 11.7. The Labute approximate surface area is 113 Å². The third-order valence-electron chi connectivity index (χ3n) is 3.23. The van der Waals surface area contributed by atoms with Crippen LogP contribution in [-0.2, 0) is 0 Å². The van der Waals surface area contributed by atoms with Gasteiger partial charge in [-0.05, 0) is 17.9 Å². The van der Waals surface area contributed by atoms with Gasteiger partial charge in [0, 0.05) is 24.7 Å². The molecule has 1 aromatic rings. The molecule has 0 aromatic heterocycles. The fourth-order valence-electron chi connectivity index (χ4n) is 1.85. The molecule has 0 heterocycles. The fourth-order valence-corrected chi connectivity index (χ4v) is 1.85. The molecule has 1 aromatic carbocycles. The maximum atomic E-state index is 10.8. The second-order valence-electron chi connectivity index (χ2n) is 5.03. The van der Waals surface area contributed by atoms with Crippen molar-refractivity contribution in [2.45, 2.75) is 39.3 Å². The number of hydrogen-bond acceptors (Lipinski definition) is 4. The maximum Gasteiger partial charge on any atom is 0.269 e. The van der Waals surface area contributed by atoms with Crippen molar-refractivity contribution in [3.63, 3.8) is 0 Å². The Morgan fingerprint density at radius 2 is 2.11 bits per heavy atom. The highest BCUT2D eigenvalue weighted by Crippen LogP contribution is 2.21. The second-order valence-corrected chi connectivity index (χ2v) is 5.03. The highest BCUT2D eigenvalue weighted by Gasteiger charge is 2.15. The molecule has 5 heteroatoms. The summed E-state index contributed by atoms with van der Waals surface area (Å²) in [4.78, 5) is 10.4. The van der Waals surface area contributed by atoms with E-state index < -0.39 is 6.10 Å². The van der Waals surface area contributed by atoms with Crippen LogP contribution >= 0.6 is 0 Å². The molecule has 2 atom stereocenters. The van der Waals surface area contributed by atoms with Crippen LogP contribution in [0.25, 0.3) is 0 Å². The van der Waals surface area contributed by atoms with Crippen molar-refractivity contribution in [1.82, 2.24) is 5.32 Å². The minimum atomic E-state index is -0.409. The lowest BCUT2D eigenvalue weighted by Gasteiger charge is -2.21. The number of aliphatic hydroxyl groups excluding tert-OH is 1. The number of nitro benzene ring substituents is 1. The Bertz CT molecular complexity index is 421. The van der Waals surface area contributed by atoms with Gasteiger partial charge in [-0.1, -0.05) is 32.9 Å². The molecule has 0 spiro atoms. The Balaban J connectivity index is 2.74. The number of nitrogens with zero attached hydrogens (tertiary/aromatic N) is 1. The van der Waals surface area contributed by atoms with E-state index in [0.717, 1.165) is 12.0 Å². The summed E-state index contributed by atoms with van der Waals surface area (Å²) in [5, 5.41) is 23.8. The van der Waals surface area contributed by atoms with Crippen molar-refractivity contribution in [3.05, 3.63) is 39.9 Å². The molecule has 2 N–H and O–H groups in total. The van der Waals surface area contributed by atoms with E-state index >= 15 is 0 Å². The molecule has 0 amide bonds. The predicted molar refractivity (Wildman–Crippen MR) is 75.0 cm³/mol. The van der Waals surface area contributed by atoms with Gasteiger partial charge in [-0.3, -0.25) is 10.1 Å². The van der Waals surface area contributed by atoms with Gasteiger partial charge in [-0.15, -0.1) is 0 Å². The second kappa shape index (κ2) is 7.21. The van der Waals surface area contributed by atoms with Crippen molar-refractivity contribution >= 4 is 5.69 Å². The number of rotatable bonds is 7. The molecule has 5 nitrogen and oxygen atoms in total. The van der Waals surface area contributed by atoms with Crippen LogP contribution in [-0.4, -0.2) is 22.7 Å². The maximum absolute atomic E-state index is 10.8. The summed E-state index contributed by atoms with van der Waals surface area (Å²) in [5.41, 5.74) is 0.981. The van der Waals surface area contributed by atoms with Gasteiger partial charge in [-0.25, -0.2) is 0 Å². The van der Waals surface area contributed by atoms with Gasteiger partial charge in [-0.2, -0.15) is 0 Å². The number of non-ortho nitro benzene ring substituents is 1. The third kappa shape index (κ3) is 4.61. The summed E-state index contributed by atoms with van der Waals surface area (Å²) in [7, 11) is 0. The summed E-state index contributed by atoms with van der Waals surface area (Å²) in [6.07, 6.45) is 0.402. The number of hydrogen-bond donors (Lipinski definition) is 2. The molecule has 0 saturated carbocycles. The van der Waals surface area contributed by atoms with Crippen LogP contribution in [0.15, 0.2) is 24.3 Å². The van der Waals surface area contributed by atoms with Crippen molar-refractivity contribution in [2.24, 2.45) is 5.92 Å². The van der Waals surface area contributed by atoms with Crippen LogP contribution in [0.1, 0.15) is 38.8 Å². The summed E-state index contributed by atoms with van der Waals surface area (Å²) < 4.78 is 0. The molecule has 1 rings (SSSR count). The summed E-state index contributed by atoms with van der Waals surface area (Å²) in [6, 6.07) is 6.66. The molecule has 0 bridgehead atoms. The molecule has 0 radical (unpaired) electrons. The number of benzene rings is 1. The zero-order chi connectivity index (χ0) is 14.4. The van der Waals surface area contributed by atoms with E-state index in [2.05, 4.69) is 5.32 Å². The predicted octanol–water partition coefficient (Wildman–Crippen LogP) is 2.65. The van der Waals surface area contributed by atoms with Crippen LogP contribution in [0.2, 0.25) is 0 Å². The molecule has 0 aliphatic rings. The van der Waals surface area contributed by atoms with Crippen LogP contribution in [0.4, 0.5) is 5.69 Å². The Kier molecular flexibility index (Phi) is 5.92. The van der Waals surface area contributed by atoms with Gasteiger partial charge in [0.05, 0.1) is 11.0 Å². The average molecular weight is 266 g/mol. The van der Waals surface area contributed by atoms with Crippen LogP contribution in [0.3, 0.4) is 0 Å². The number of aliphatic hydroxyl groups is 1. The van der Waals surface area contributed by atoms with E-state index in [1.807, 2.05) is 26.8 Å². The summed E-state index contributed by atoms with van der Waals surface area (Å²) in [6.45, 7) is 6.42. The van der Waals surface area contributed by atoms with Crippen LogP contribution in [0, 0.1) is 16.0 Å². The zero-order valence-corrected chi connectivity index (χ0v) is 11.7. The normalized spacial score (nSPS) is 14.4. The molecule has 0 fully saturated rings.